The molecule has 0 amide bonds. The van der Waals surface area contributed by atoms with Gasteiger partial charge in [-0.3, -0.25) is 0 Å². The van der Waals surface area contributed by atoms with Crippen LogP contribution in [0.1, 0.15) is 44.4 Å². The van der Waals surface area contributed by atoms with Gasteiger partial charge in [-0.15, -0.1) is 0 Å². The van der Waals surface area contributed by atoms with Crippen molar-refractivity contribution in [1.82, 2.24) is 0 Å². The fourth-order valence-electron chi connectivity index (χ4n) is 2.81. The average Bonchev–Trinajstić information content (AvgIpc) is 2.13. The van der Waals surface area contributed by atoms with E-state index < -0.39 is 0 Å². The van der Waals surface area contributed by atoms with E-state index in [-0.39, 0.29) is 5.41 Å². The minimum atomic E-state index is 0.236. The van der Waals surface area contributed by atoms with Crippen LogP contribution in [0, 0.1) is 12.8 Å². The predicted molar refractivity (Wildman–Crippen MR) is 74.7 cm³/mol. The molecule has 0 aromatic heterocycles. The molecule has 0 heterocycles. The third-order valence-corrected chi connectivity index (χ3v) is 4.47. The predicted octanol–water partition coefficient (Wildman–Crippen LogP) is 5.09. The van der Waals surface area contributed by atoms with Gasteiger partial charge >= 0.3 is 0 Å². The SMILES string of the molecule is CC1=CC(C)C(C)(C)c2c(C)cc(Br)cc21. The molecule has 1 aliphatic carbocycles. The lowest BCUT2D eigenvalue weighted by Gasteiger charge is -2.38. The second kappa shape index (κ2) is 3.73. The summed E-state index contributed by atoms with van der Waals surface area (Å²) >= 11 is 3.59. The summed E-state index contributed by atoms with van der Waals surface area (Å²) in [5.74, 6) is 0.597. The van der Waals surface area contributed by atoms with E-state index in [0.717, 1.165) is 0 Å². The van der Waals surface area contributed by atoms with Crippen LogP contribution in [0.25, 0.3) is 5.57 Å². The first kappa shape index (κ1) is 11.9. The van der Waals surface area contributed by atoms with Gasteiger partial charge in [0, 0.05) is 4.47 Å². The van der Waals surface area contributed by atoms with E-state index in [4.69, 9.17) is 0 Å². The summed E-state index contributed by atoms with van der Waals surface area (Å²) in [6, 6.07) is 4.48. The third-order valence-electron chi connectivity index (χ3n) is 4.01. The molecule has 0 aliphatic heterocycles. The van der Waals surface area contributed by atoms with Crippen LogP contribution in [-0.2, 0) is 5.41 Å². The molecule has 0 spiro atoms. The van der Waals surface area contributed by atoms with Crippen LogP contribution in [0.4, 0.5) is 0 Å². The molecule has 0 fully saturated rings. The first-order valence-corrected chi connectivity index (χ1v) is 6.62. The highest BCUT2D eigenvalue weighted by Crippen LogP contribution is 2.44. The van der Waals surface area contributed by atoms with Crippen LogP contribution >= 0.6 is 15.9 Å². The Balaban J connectivity index is 2.78. The molecule has 1 atom stereocenters. The third kappa shape index (κ3) is 1.66. The zero-order valence-corrected chi connectivity index (χ0v) is 12.3. The number of allylic oxidation sites excluding steroid dienone is 2. The highest BCUT2D eigenvalue weighted by molar-refractivity contribution is 9.10. The maximum Gasteiger partial charge on any atom is 0.0184 e. The van der Waals surface area contributed by atoms with E-state index >= 15 is 0 Å². The molecule has 16 heavy (non-hydrogen) atoms. The summed E-state index contributed by atoms with van der Waals surface area (Å²) in [6.45, 7) is 11.4. The van der Waals surface area contributed by atoms with Crippen molar-refractivity contribution in [2.75, 3.05) is 0 Å². The zero-order valence-electron chi connectivity index (χ0n) is 10.7. The van der Waals surface area contributed by atoms with Gasteiger partial charge in [0.05, 0.1) is 0 Å². The van der Waals surface area contributed by atoms with Gasteiger partial charge in [-0.25, -0.2) is 0 Å². The molecule has 0 saturated heterocycles. The number of hydrogen-bond donors (Lipinski definition) is 0. The number of hydrogen-bond acceptors (Lipinski definition) is 0. The molecule has 0 saturated carbocycles. The van der Waals surface area contributed by atoms with Crippen molar-refractivity contribution in [3.63, 3.8) is 0 Å². The topological polar surface area (TPSA) is 0 Å². The summed E-state index contributed by atoms with van der Waals surface area (Å²) in [7, 11) is 0. The first-order chi connectivity index (χ1) is 7.34. The smallest absolute Gasteiger partial charge is 0.0184 e. The van der Waals surface area contributed by atoms with Gasteiger partial charge in [0.1, 0.15) is 0 Å². The van der Waals surface area contributed by atoms with E-state index in [2.05, 4.69) is 68.8 Å². The molecule has 1 heteroatoms. The second-order valence-corrected chi connectivity index (χ2v) is 6.42. The van der Waals surface area contributed by atoms with Crippen molar-refractivity contribution in [1.29, 1.82) is 0 Å². The molecule has 0 radical (unpaired) electrons. The Morgan fingerprint density at radius 1 is 1.19 bits per heavy atom. The van der Waals surface area contributed by atoms with Gasteiger partial charge in [0.2, 0.25) is 0 Å². The summed E-state index contributed by atoms with van der Waals surface area (Å²) in [5.41, 5.74) is 5.97. The number of rotatable bonds is 0. The fourth-order valence-corrected chi connectivity index (χ4v) is 3.38. The first-order valence-electron chi connectivity index (χ1n) is 5.83. The van der Waals surface area contributed by atoms with Gasteiger partial charge in [0.25, 0.3) is 0 Å². The van der Waals surface area contributed by atoms with Gasteiger partial charge in [0.15, 0.2) is 0 Å². The Labute approximate surface area is 107 Å². The van der Waals surface area contributed by atoms with Crippen LogP contribution in [0.5, 0.6) is 0 Å². The molecule has 1 aromatic carbocycles. The summed E-state index contributed by atoms with van der Waals surface area (Å²) in [6.07, 6.45) is 2.40. The quantitative estimate of drug-likeness (QED) is 0.620. The molecular formula is C15H19Br. The van der Waals surface area contributed by atoms with Crippen LogP contribution in [0.3, 0.4) is 0 Å². The maximum absolute atomic E-state index is 3.59. The standard InChI is InChI=1S/C15H19Br/c1-9-6-11(3)15(4,5)14-10(2)7-12(16)8-13(9)14/h6-8,11H,1-5H3. The second-order valence-electron chi connectivity index (χ2n) is 5.51. The van der Waals surface area contributed by atoms with E-state index in [1.165, 1.54) is 26.7 Å². The fraction of sp³-hybridized carbons (Fsp3) is 0.467. The molecule has 0 N–H and O–H groups in total. The van der Waals surface area contributed by atoms with Crippen LogP contribution in [0.2, 0.25) is 0 Å². The van der Waals surface area contributed by atoms with Crippen molar-refractivity contribution >= 4 is 21.5 Å². The van der Waals surface area contributed by atoms with Gasteiger partial charge in [-0.1, -0.05) is 42.8 Å². The van der Waals surface area contributed by atoms with Gasteiger partial charge in [-0.2, -0.15) is 0 Å². The highest BCUT2D eigenvalue weighted by atomic mass is 79.9. The Kier molecular flexibility index (Phi) is 2.78. The van der Waals surface area contributed by atoms with Gasteiger partial charge in [-0.05, 0) is 59.6 Å². The highest BCUT2D eigenvalue weighted by Gasteiger charge is 2.34. The average molecular weight is 279 g/mol. The molecule has 1 aliphatic rings. The minimum absolute atomic E-state index is 0.236. The number of halogens is 1. The van der Waals surface area contributed by atoms with Gasteiger partial charge < -0.3 is 0 Å². The van der Waals surface area contributed by atoms with E-state index in [0.29, 0.717) is 5.92 Å². The van der Waals surface area contributed by atoms with Crippen LogP contribution < -0.4 is 0 Å². The zero-order chi connectivity index (χ0) is 12.1. The van der Waals surface area contributed by atoms with Crippen molar-refractivity contribution in [3.05, 3.63) is 39.4 Å². The number of fused-ring (bicyclic) bond motifs is 1. The number of benzene rings is 1. The lowest BCUT2D eigenvalue weighted by molar-refractivity contribution is 0.401. The lowest BCUT2D eigenvalue weighted by Crippen LogP contribution is -2.30. The molecule has 1 aromatic rings. The van der Waals surface area contributed by atoms with Crippen molar-refractivity contribution in [2.45, 2.75) is 40.0 Å². The molecule has 0 bridgehead atoms. The van der Waals surface area contributed by atoms with E-state index in [1.807, 2.05) is 0 Å². The summed E-state index contributed by atoms with van der Waals surface area (Å²) in [4.78, 5) is 0. The molecule has 86 valence electrons. The Morgan fingerprint density at radius 3 is 2.44 bits per heavy atom. The molecule has 1 unspecified atom stereocenters. The van der Waals surface area contributed by atoms with E-state index in [1.54, 1.807) is 0 Å². The minimum Gasteiger partial charge on any atom is -0.0773 e. The summed E-state index contributed by atoms with van der Waals surface area (Å²) < 4.78 is 1.18. The maximum atomic E-state index is 3.59. The largest absolute Gasteiger partial charge is 0.0773 e. The van der Waals surface area contributed by atoms with Crippen molar-refractivity contribution in [2.24, 2.45) is 5.92 Å². The Morgan fingerprint density at radius 2 is 1.81 bits per heavy atom. The van der Waals surface area contributed by atoms with E-state index in [9.17, 15) is 0 Å². The van der Waals surface area contributed by atoms with Crippen molar-refractivity contribution < 1.29 is 0 Å². The summed E-state index contributed by atoms with van der Waals surface area (Å²) in [5, 5.41) is 0. The molecule has 2 rings (SSSR count). The van der Waals surface area contributed by atoms with Crippen LogP contribution in [0.15, 0.2) is 22.7 Å². The number of aryl methyl sites for hydroxylation is 1. The van der Waals surface area contributed by atoms with Crippen molar-refractivity contribution in [3.8, 4) is 0 Å². The lowest BCUT2D eigenvalue weighted by atomic mass is 9.66. The molecule has 0 nitrogen and oxygen atoms in total. The molecular weight excluding hydrogens is 260 g/mol. The monoisotopic (exact) mass is 278 g/mol. The van der Waals surface area contributed by atoms with Crippen LogP contribution in [-0.4, -0.2) is 0 Å². The normalized spacial score (nSPS) is 22.6. The Hall–Kier alpha value is -0.560. The Bertz CT molecular complexity index is 467.